The number of sulfonamides is 1. The van der Waals surface area contributed by atoms with Crippen molar-refractivity contribution in [3.8, 4) is 0 Å². The molecule has 0 N–H and O–H groups in total. The lowest BCUT2D eigenvalue weighted by atomic mass is 10.2. The Morgan fingerprint density at radius 3 is 2.36 bits per heavy atom. The van der Waals surface area contributed by atoms with Crippen molar-refractivity contribution in [3.05, 3.63) is 6.42 Å². The molecule has 0 saturated carbocycles. The Kier molecular flexibility index (Phi) is 2.90. The van der Waals surface area contributed by atoms with Crippen LogP contribution in [0.25, 0.3) is 0 Å². The highest BCUT2D eigenvalue weighted by molar-refractivity contribution is 7.89. The molecule has 1 heterocycles. The topological polar surface area (TPSA) is 37.4 Å². The quantitative estimate of drug-likeness (QED) is 0.619. The molecule has 1 saturated heterocycles. The number of piperidine rings is 1. The van der Waals surface area contributed by atoms with Crippen molar-refractivity contribution in [3.63, 3.8) is 0 Å². The van der Waals surface area contributed by atoms with Gasteiger partial charge in [0, 0.05) is 13.1 Å². The third-order valence-electron chi connectivity index (χ3n) is 1.92. The number of rotatable bonds is 2. The minimum absolute atomic E-state index is 0.229. The SMILES string of the molecule is CCS(=O)(=O)N1CC[CH]CC1. The Hall–Kier alpha value is -0.0900. The molecule has 11 heavy (non-hydrogen) atoms. The summed E-state index contributed by atoms with van der Waals surface area (Å²) in [4.78, 5) is 0. The molecular weight excluding hydrogens is 162 g/mol. The molecule has 0 bridgehead atoms. The third-order valence-corrected chi connectivity index (χ3v) is 3.80. The van der Waals surface area contributed by atoms with Crippen molar-refractivity contribution in [1.82, 2.24) is 4.31 Å². The van der Waals surface area contributed by atoms with Gasteiger partial charge in [-0.3, -0.25) is 0 Å². The molecule has 3 nitrogen and oxygen atoms in total. The molecule has 65 valence electrons. The first-order chi connectivity index (χ1) is 5.17. The fourth-order valence-electron chi connectivity index (χ4n) is 1.19. The molecule has 0 atom stereocenters. The van der Waals surface area contributed by atoms with Crippen molar-refractivity contribution in [2.45, 2.75) is 19.8 Å². The number of nitrogens with zero attached hydrogens (tertiary/aromatic N) is 1. The molecule has 0 spiro atoms. The first-order valence-corrected chi connectivity index (χ1v) is 5.57. The van der Waals surface area contributed by atoms with Crippen molar-refractivity contribution in [2.24, 2.45) is 0 Å². The average molecular weight is 176 g/mol. The van der Waals surface area contributed by atoms with Gasteiger partial charge in [0.2, 0.25) is 10.0 Å². The average Bonchev–Trinajstić information content (AvgIpc) is 2.06. The maximum absolute atomic E-state index is 11.3. The fraction of sp³-hybridized carbons (Fsp3) is 0.857. The van der Waals surface area contributed by atoms with Crippen LogP contribution < -0.4 is 0 Å². The summed E-state index contributed by atoms with van der Waals surface area (Å²) in [6, 6.07) is 0. The highest BCUT2D eigenvalue weighted by Crippen LogP contribution is 2.11. The molecule has 0 aromatic carbocycles. The van der Waals surface area contributed by atoms with E-state index in [0.29, 0.717) is 13.1 Å². The molecule has 1 aliphatic heterocycles. The van der Waals surface area contributed by atoms with Gasteiger partial charge in [0.15, 0.2) is 0 Å². The van der Waals surface area contributed by atoms with E-state index in [1.807, 2.05) is 0 Å². The van der Waals surface area contributed by atoms with Gasteiger partial charge in [-0.1, -0.05) is 0 Å². The third kappa shape index (κ3) is 2.17. The lowest BCUT2D eigenvalue weighted by Crippen LogP contribution is -2.36. The van der Waals surface area contributed by atoms with E-state index in [0.717, 1.165) is 12.8 Å². The first kappa shape index (κ1) is 9.00. The summed E-state index contributed by atoms with van der Waals surface area (Å²) in [6.45, 7) is 3.04. The molecule has 1 fully saturated rings. The molecular formula is C7H14NO2S. The van der Waals surface area contributed by atoms with Crippen LogP contribution in [0.1, 0.15) is 19.8 Å². The molecule has 0 unspecified atom stereocenters. The van der Waals surface area contributed by atoms with Crippen LogP contribution in [0.3, 0.4) is 0 Å². The van der Waals surface area contributed by atoms with Gasteiger partial charge in [-0.2, -0.15) is 0 Å². The molecule has 1 rings (SSSR count). The summed E-state index contributed by atoms with van der Waals surface area (Å²) < 4.78 is 24.1. The largest absolute Gasteiger partial charge is 0.213 e. The normalized spacial score (nSPS) is 21.9. The van der Waals surface area contributed by atoms with Crippen LogP contribution in [0.15, 0.2) is 0 Å². The van der Waals surface area contributed by atoms with Crippen LogP contribution in [0.4, 0.5) is 0 Å². The summed E-state index contributed by atoms with van der Waals surface area (Å²) >= 11 is 0. The minimum Gasteiger partial charge on any atom is -0.212 e. The van der Waals surface area contributed by atoms with Crippen molar-refractivity contribution < 1.29 is 8.42 Å². The lowest BCUT2D eigenvalue weighted by molar-refractivity contribution is 0.384. The smallest absolute Gasteiger partial charge is 0.212 e. The van der Waals surface area contributed by atoms with Gasteiger partial charge in [-0.25, -0.2) is 12.7 Å². The van der Waals surface area contributed by atoms with E-state index in [4.69, 9.17) is 0 Å². The Morgan fingerprint density at radius 2 is 1.91 bits per heavy atom. The lowest BCUT2D eigenvalue weighted by Gasteiger charge is -2.24. The standard InChI is InChI=1S/C7H14NO2S/c1-2-11(9,10)8-6-4-3-5-7-8/h3H,2,4-7H2,1H3. The van der Waals surface area contributed by atoms with Gasteiger partial charge < -0.3 is 0 Å². The van der Waals surface area contributed by atoms with Gasteiger partial charge in [-0.15, -0.1) is 0 Å². The summed E-state index contributed by atoms with van der Waals surface area (Å²) in [5, 5.41) is 0. The Bertz CT molecular complexity index is 204. The van der Waals surface area contributed by atoms with Gasteiger partial charge in [0.1, 0.15) is 0 Å². The monoisotopic (exact) mass is 176 g/mol. The first-order valence-electron chi connectivity index (χ1n) is 3.96. The van der Waals surface area contributed by atoms with E-state index in [1.165, 1.54) is 0 Å². The Labute approximate surface area is 68.4 Å². The van der Waals surface area contributed by atoms with Crippen LogP contribution in [-0.4, -0.2) is 31.6 Å². The van der Waals surface area contributed by atoms with Crippen molar-refractivity contribution >= 4 is 10.0 Å². The second-order valence-corrected chi connectivity index (χ2v) is 4.92. The fourth-order valence-corrected chi connectivity index (χ4v) is 2.32. The maximum Gasteiger partial charge on any atom is 0.213 e. The Balaban J connectivity index is 2.58. The minimum atomic E-state index is -2.91. The zero-order valence-electron chi connectivity index (χ0n) is 6.78. The van der Waals surface area contributed by atoms with E-state index in [2.05, 4.69) is 6.42 Å². The van der Waals surface area contributed by atoms with Gasteiger partial charge in [0.05, 0.1) is 5.75 Å². The summed E-state index contributed by atoms with van der Waals surface area (Å²) in [6.07, 6.45) is 3.94. The van der Waals surface area contributed by atoms with E-state index < -0.39 is 10.0 Å². The second kappa shape index (κ2) is 3.54. The summed E-state index contributed by atoms with van der Waals surface area (Å²) in [5.41, 5.74) is 0. The van der Waals surface area contributed by atoms with Crippen LogP contribution in [0.5, 0.6) is 0 Å². The predicted molar refractivity (Wildman–Crippen MR) is 44.6 cm³/mol. The van der Waals surface area contributed by atoms with Crippen LogP contribution in [0.2, 0.25) is 0 Å². The van der Waals surface area contributed by atoms with Crippen molar-refractivity contribution in [2.75, 3.05) is 18.8 Å². The highest BCUT2D eigenvalue weighted by atomic mass is 32.2. The molecule has 0 aromatic heterocycles. The zero-order chi connectivity index (χ0) is 8.32. The molecule has 1 aliphatic rings. The maximum atomic E-state index is 11.3. The summed E-state index contributed by atoms with van der Waals surface area (Å²) in [7, 11) is -2.91. The predicted octanol–water partition coefficient (Wildman–Crippen LogP) is 0.636. The van der Waals surface area contributed by atoms with Gasteiger partial charge >= 0.3 is 0 Å². The number of hydrogen-bond donors (Lipinski definition) is 0. The molecule has 0 aromatic rings. The van der Waals surface area contributed by atoms with E-state index in [1.54, 1.807) is 11.2 Å². The van der Waals surface area contributed by atoms with Crippen LogP contribution in [-0.2, 0) is 10.0 Å². The van der Waals surface area contributed by atoms with E-state index in [9.17, 15) is 8.42 Å². The molecule has 4 heteroatoms. The molecule has 1 radical (unpaired) electrons. The summed E-state index contributed by atoms with van der Waals surface area (Å²) in [5.74, 6) is 0.229. The Morgan fingerprint density at radius 1 is 1.36 bits per heavy atom. The van der Waals surface area contributed by atoms with E-state index >= 15 is 0 Å². The van der Waals surface area contributed by atoms with Crippen LogP contribution in [0, 0.1) is 6.42 Å². The highest BCUT2D eigenvalue weighted by Gasteiger charge is 2.21. The molecule has 0 aliphatic carbocycles. The zero-order valence-corrected chi connectivity index (χ0v) is 7.60. The van der Waals surface area contributed by atoms with E-state index in [-0.39, 0.29) is 5.75 Å². The molecule has 0 amide bonds. The van der Waals surface area contributed by atoms with Gasteiger partial charge in [-0.05, 0) is 26.2 Å². The van der Waals surface area contributed by atoms with Crippen molar-refractivity contribution in [1.29, 1.82) is 0 Å². The van der Waals surface area contributed by atoms with Crippen LogP contribution >= 0.6 is 0 Å². The second-order valence-electron chi connectivity index (χ2n) is 2.67. The number of hydrogen-bond acceptors (Lipinski definition) is 2. The van der Waals surface area contributed by atoms with Gasteiger partial charge in [0.25, 0.3) is 0 Å².